The van der Waals surface area contributed by atoms with E-state index in [1.807, 2.05) is 0 Å². The predicted octanol–water partition coefficient (Wildman–Crippen LogP) is 1.03. The number of hydrogen-bond acceptors (Lipinski definition) is 4. The molecule has 0 aliphatic carbocycles. The zero-order valence-corrected chi connectivity index (χ0v) is 12.6. The van der Waals surface area contributed by atoms with Crippen molar-refractivity contribution in [2.45, 2.75) is 13.5 Å². The van der Waals surface area contributed by atoms with E-state index in [1.54, 1.807) is 32.2 Å². The fraction of sp³-hybridized carbons (Fsp3) is 0.308. The number of aromatic nitrogens is 2. The third-order valence-corrected chi connectivity index (χ3v) is 3.40. The number of halogens is 1. The third-order valence-electron chi connectivity index (χ3n) is 2.91. The molecule has 1 aromatic heterocycles. The Hall–Kier alpha value is -1.89. The van der Waals surface area contributed by atoms with Crippen LogP contribution in [-0.4, -0.2) is 21.7 Å². The van der Waals surface area contributed by atoms with Crippen molar-refractivity contribution in [2.75, 3.05) is 6.61 Å². The fourth-order valence-electron chi connectivity index (χ4n) is 1.95. The molecule has 20 heavy (non-hydrogen) atoms. The number of rotatable bonds is 3. The highest BCUT2D eigenvalue weighted by Gasteiger charge is 2.14. The van der Waals surface area contributed by atoms with Gasteiger partial charge in [-0.1, -0.05) is 15.9 Å². The van der Waals surface area contributed by atoms with Gasteiger partial charge in [0.2, 0.25) is 0 Å². The Morgan fingerprint density at radius 1 is 1.35 bits per heavy atom. The van der Waals surface area contributed by atoms with Gasteiger partial charge in [0, 0.05) is 11.5 Å². The average Bonchev–Trinajstić information content (AvgIpc) is 2.41. The topological polar surface area (TPSA) is 70.3 Å². The van der Waals surface area contributed by atoms with Gasteiger partial charge in [0.1, 0.15) is 6.54 Å². The van der Waals surface area contributed by atoms with Crippen LogP contribution in [0.4, 0.5) is 0 Å². The summed E-state index contributed by atoms with van der Waals surface area (Å²) in [6.07, 6.45) is 0. The molecule has 0 amide bonds. The molecule has 0 aliphatic heterocycles. The summed E-state index contributed by atoms with van der Waals surface area (Å²) in [7, 11) is 1.55. The first-order valence-electron chi connectivity index (χ1n) is 6.00. The second kappa shape index (κ2) is 5.62. The number of carbonyl (C=O) groups excluding carboxylic acids is 1. The molecule has 2 aromatic rings. The van der Waals surface area contributed by atoms with Gasteiger partial charge in [-0.05, 0) is 25.1 Å². The number of aryl methyl sites for hydroxylation is 1. The van der Waals surface area contributed by atoms with Gasteiger partial charge in [-0.15, -0.1) is 0 Å². The minimum Gasteiger partial charge on any atom is -0.465 e. The molecule has 0 spiro atoms. The number of hydrogen-bond donors (Lipinski definition) is 0. The van der Waals surface area contributed by atoms with Gasteiger partial charge in [-0.3, -0.25) is 14.2 Å². The van der Waals surface area contributed by atoms with E-state index in [9.17, 15) is 14.4 Å². The first-order chi connectivity index (χ1) is 9.45. The minimum atomic E-state index is -0.608. The molecular formula is C13H13BrN2O4. The molecule has 1 aromatic carbocycles. The summed E-state index contributed by atoms with van der Waals surface area (Å²) < 4.78 is 7.76. The van der Waals surface area contributed by atoms with E-state index in [0.29, 0.717) is 10.9 Å². The lowest BCUT2D eigenvalue weighted by Gasteiger charge is -2.10. The molecule has 0 unspecified atom stereocenters. The number of carbonyl (C=O) groups is 1. The largest absolute Gasteiger partial charge is 0.465 e. The molecule has 0 saturated carbocycles. The molecule has 0 atom stereocenters. The maximum absolute atomic E-state index is 12.3. The molecule has 0 radical (unpaired) electrons. The van der Waals surface area contributed by atoms with E-state index in [-0.39, 0.29) is 13.2 Å². The third kappa shape index (κ3) is 2.53. The van der Waals surface area contributed by atoms with Gasteiger partial charge in [0.25, 0.3) is 5.56 Å². The van der Waals surface area contributed by atoms with Crippen LogP contribution in [0.25, 0.3) is 10.9 Å². The Kier molecular flexibility index (Phi) is 4.08. The van der Waals surface area contributed by atoms with Crippen LogP contribution in [0.1, 0.15) is 6.92 Å². The molecule has 0 fully saturated rings. The van der Waals surface area contributed by atoms with Crippen molar-refractivity contribution in [1.82, 2.24) is 9.13 Å². The van der Waals surface area contributed by atoms with E-state index >= 15 is 0 Å². The monoisotopic (exact) mass is 340 g/mol. The van der Waals surface area contributed by atoms with Crippen LogP contribution >= 0.6 is 15.9 Å². The Labute approximate surface area is 122 Å². The maximum atomic E-state index is 12.3. The summed E-state index contributed by atoms with van der Waals surface area (Å²) in [6, 6.07) is 5.01. The lowest BCUT2D eigenvalue weighted by Crippen LogP contribution is -2.41. The molecule has 6 nitrogen and oxygen atoms in total. The summed E-state index contributed by atoms with van der Waals surface area (Å²) >= 11 is 3.30. The van der Waals surface area contributed by atoms with Crippen molar-refractivity contribution in [1.29, 1.82) is 0 Å². The number of ether oxygens (including phenoxy) is 1. The van der Waals surface area contributed by atoms with E-state index in [4.69, 9.17) is 4.74 Å². The van der Waals surface area contributed by atoms with Crippen LogP contribution in [0.3, 0.4) is 0 Å². The number of benzene rings is 1. The van der Waals surface area contributed by atoms with Gasteiger partial charge >= 0.3 is 11.7 Å². The van der Waals surface area contributed by atoms with E-state index in [2.05, 4.69) is 15.9 Å². The average molecular weight is 341 g/mol. The van der Waals surface area contributed by atoms with Crippen molar-refractivity contribution in [3.63, 3.8) is 0 Å². The van der Waals surface area contributed by atoms with Crippen LogP contribution in [0.15, 0.2) is 32.3 Å². The van der Waals surface area contributed by atoms with Crippen molar-refractivity contribution in [3.05, 3.63) is 43.5 Å². The summed E-state index contributed by atoms with van der Waals surface area (Å²) in [5, 5.41) is 0.375. The first-order valence-corrected chi connectivity index (χ1v) is 6.79. The van der Waals surface area contributed by atoms with Crippen molar-refractivity contribution < 1.29 is 9.53 Å². The van der Waals surface area contributed by atoms with Crippen LogP contribution in [0.5, 0.6) is 0 Å². The zero-order valence-electron chi connectivity index (χ0n) is 11.1. The highest BCUT2D eigenvalue weighted by atomic mass is 79.9. The highest BCUT2D eigenvalue weighted by Crippen LogP contribution is 2.15. The summed E-state index contributed by atoms with van der Waals surface area (Å²) in [4.78, 5) is 35.9. The normalized spacial score (nSPS) is 10.8. The van der Waals surface area contributed by atoms with Crippen LogP contribution in [0, 0.1) is 0 Å². The van der Waals surface area contributed by atoms with E-state index < -0.39 is 17.2 Å². The molecule has 0 saturated heterocycles. The van der Waals surface area contributed by atoms with Crippen LogP contribution in [-0.2, 0) is 23.1 Å². The number of nitrogens with zero attached hydrogens (tertiary/aromatic N) is 2. The van der Waals surface area contributed by atoms with Gasteiger partial charge < -0.3 is 4.74 Å². The molecule has 0 aliphatic rings. The second-order valence-electron chi connectivity index (χ2n) is 4.20. The number of esters is 1. The van der Waals surface area contributed by atoms with Crippen LogP contribution < -0.4 is 11.2 Å². The first kappa shape index (κ1) is 14.5. The zero-order chi connectivity index (χ0) is 14.9. The minimum absolute atomic E-state index is 0.203. The van der Waals surface area contributed by atoms with Crippen LogP contribution in [0.2, 0.25) is 0 Å². The molecule has 2 rings (SSSR count). The maximum Gasteiger partial charge on any atom is 0.331 e. The molecule has 7 heteroatoms. The Bertz CT molecular complexity index is 791. The molecule has 1 heterocycles. The standard InChI is InChI=1S/C13H13BrN2O4/c1-3-20-11(17)7-16-12(18)9-5-4-8(14)6-10(9)15(2)13(16)19/h4-6H,3,7H2,1-2H3. The van der Waals surface area contributed by atoms with E-state index in [1.165, 1.54) is 4.57 Å². The summed E-state index contributed by atoms with van der Waals surface area (Å²) in [5.41, 5.74) is -0.535. The van der Waals surface area contributed by atoms with Gasteiger partial charge in [0.05, 0.1) is 17.5 Å². The molecular weight excluding hydrogens is 328 g/mol. The summed E-state index contributed by atoms with van der Waals surface area (Å²) in [5.74, 6) is -0.608. The smallest absolute Gasteiger partial charge is 0.331 e. The quantitative estimate of drug-likeness (QED) is 0.782. The van der Waals surface area contributed by atoms with Gasteiger partial charge in [-0.2, -0.15) is 0 Å². The number of fused-ring (bicyclic) bond motifs is 1. The lowest BCUT2D eigenvalue weighted by atomic mass is 10.2. The van der Waals surface area contributed by atoms with Crippen molar-refractivity contribution >= 4 is 32.8 Å². The van der Waals surface area contributed by atoms with Gasteiger partial charge in [-0.25, -0.2) is 9.36 Å². The molecule has 0 bridgehead atoms. The Morgan fingerprint density at radius 3 is 2.70 bits per heavy atom. The molecule has 106 valence electrons. The summed E-state index contributed by atoms with van der Waals surface area (Å²) in [6.45, 7) is 1.48. The Morgan fingerprint density at radius 2 is 2.05 bits per heavy atom. The molecule has 0 N–H and O–H groups in total. The van der Waals surface area contributed by atoms with Crippen molar-refractivity contribution in [3.8, 4) is 0 Å². The fourth-order valence-corrected chi connectivity index (χ4v) is 2.30. The predicted molar refractivity (Wildman–Crippen MR) is 77.8 cm³/mol. The lowest BCUT2D eigenvalue weighted by molar-refractivity contribution is -0.143. The Balaban J connectivity index is 2.68. The van der Waals surface area contributed by atoms with E-state index in [0.717, 1.165) is 9.04 Å². The van der Waals surface area contributed by atoms with Crippen molar-refractivity contribution in [2.24, 2.45) is 7.05 Å². The second-order valence-corrected chi connectivity index (χ2v) is 5.12. The highest BCUT2D eigenvalue weighted by molar-refractivity contribution is 9.10. The SMILES string of the molecule is CCOC(=O)Cn1c(=O)c2ccc(Br)cc2n(C)c1=O. The van der Waals surface area contributed by atoms with Gasteiger partial charge in [0.15, 0.2) is 0 Å².